The molecular formula is C24H24BrN3O2. The van der Waals surface area contributed by atoms with Gasteiger partial charge in [-0.3, -0.25) is 5.41 Å². The van der Waals surface area contributed by atoms with Gasteiger partial charge in [0.05, 0.1) is 24.1 Å². The summed E-state index contributed by atoms with van der Waals surface area (Å²) in [6.45, 7) is 3.05. The van der Waals surface area contributed by atoms with Crippen LogP contribution in [0.4, 0.5) is 0 Å². The Bertz CT molecular complexity index is 1210. The molecule has 0 saturated carbocycles. The van der Waals surface area contributed by atoms with Gasteiger partial charge in [0.25, 0.3) is 0 Å². The van der Waals surface area contributed by atoms with E-state index in [-0.39, 0.29) is 13.2 Å². The number of halogens is 1. The number of nitrogens with zero attached hydrogens (tertiary/aromatic N) is 2. The molecule has 0 amide bonds. The van der Waals surface area contributed by atoms with Gasteiger partial charge in [-0.2, -0.15) is 0 Å². The zero-order valence-corrected chi connectivity index (χ0v) is 18.3. The number of benzene rings is 3. The second-order valence-corrected chi connectivity index (χ2v) is 8.22. The number of ether oxygens (including phenoxy) is 1. The molecule has 0 aliphatic rings. The molecule has 0 bridgehead atoms. The fourth-order valence-electron chi connectivity index (χ4n) is 3.57. The third-order valence-electron chi connectivity index (χ3n) is 5.12. The van der Waals surface area contributed by atoms with Crippen molar-refractivity contribution in [2.75, 3.05) is 6.61 Å². The summed E-state index contributed by atoms with van der Waals surface area (Å²) in [6, 6.07) is 23.8. The zero-order valence-electron chi connectivity index (χ0n) is 16.8. The molecule has 1 aromatic heterocycles. The lowest BCUT2D eigenvalue weighted by molar-refractivity contribution is 0.0921. The highest BCUT2D eigenvalue weighted by molar-refractivity contribution is 9.10. The quantitative estimate of drug-likeness (QED) is 0.422. The maximum absolute atomic E-state index is 10.6. The van der Waals surface area contributed by atoms with Gasteiger partial charge in [-0.05, 0) is 48.4 Å². The fraction of sp³-hybridized carbons (Fsp3) is 0.208. The molecule has 3 aromatic carbocycles. The minimum atomic E-state index is -0.737. The SMILES string of the molecule is Cc1cc(OCC(O)Cn2c(=N)n(Cc3ccccc3)c3ccccc32)ccc1Br. The molecule has 5 nitrogen and oxygen atoms in total. The Morgan fingerprint density at radius 1 is 0.967 bits per heavy atom. The van der Waals surface area contributed by atoms with Crippen molar-refractivity contribution in [3.8, 4) is 5.75 Å². The largest absolute Gasteiger partial charge is 0.491 e. The summed E-state index contributed by atoms with van der Waals surface area (Å²) in [5.41, 5.74) is 4.47. The first-order valence-corrected chi connectivity index (χ1v) is 10.7. The molecule has 0 saturated heterocycles. The molecule has 0 aliphatic heterocycles. The van der Waals surface area contributed by atoms with E-state index < -0.39 is 6.10 Å². The van der Waals surface area contributed by atoms with Gasteiger partial charge in [0.1, 0.15) is 18.5 Å². The van der Waals surface area contributed by atoms with Crippen molar-refractivity contribution in [1.82, 2.24) is 9.13 Å². The summed E-state index contributed by atoms with van der Waals surface area (Å²) in [7, 11) is 0. The zero-order chi connectivity index (χ0) is 21.1. The highest BCUT2D eigenvalue weighted by Gasteiger charge is 2.15. The molecule has 1 atom stereocenters. The maximum atomic E-state index is 10.6. The standard InChI is InChI=1S/C24H24BrN3O2/c1-17-13-20(11-12-21(17)25)30-16-19(29)15-28-23-10-6-5-9-22(23)27(24(28)26)14-18-7-3-2-4-8-18/h2-13,19,26,29H,14-16H2,1H3. The van der Waals surface area contributed by atoms with Gasteiger partial charge in [-0.25, -0.2) is 0 Å². The van der Waals surface area contributed by atoms with E-state index in [2.05, 4.69) is 28.1 Å². The van der Waals surface area contributed by atoms with Crippen molar-refractivity contribution in [3.05, 3.63) is 94.0 Å². The molecule has 2 N–H and O–H groups in total. The maximum Gasteiger partial charge on any atom is 0.203 e. The number of aliphatic hydroxyl groups excluding tert-OH is 1. The van der Waals surface area contributed by atoms with Crippen LogP contribution in [0.2, 0.25) is 0 Å². The summed E-state index contributed by atoms with van der Waals surface area (Å²) < 4.78 is 10.6. The molecule has 1 heterocycles. The van der Waals surface area contributed by atoms with E-state index in [1.807, 2.05) is 76.7 Å². The third kappa shape index (κ3) is 4.35. The van der Waals surface area contributed by atoms with Crippen molar-refractivity contribution >= 4 is 27.0 Å². The highest BCUT2D eigenvalue weighted by atomic mass is 79.9. The smallest absolute Gasteiger partial charge is 0.203 e. The molecule has 4 aromatic rings. The summed E-state index contributed by atoms with van der Waals surface area (Å²) >= 11 is 3.48. The van der Waals surface area contributed by atoms with E-state index in [1.54, 1.807) is 0 Å². The van der Waals surface area contributed by atoms with E-state index in [9.17, 15) is 5.11 Å². The van der Waals surface area contributed by atoms with Gasteiger partial charge in [-0.15, -0.1) is 0 Å². The molecule has 0 fully saturated rings. The van der Waals surface area contributed by atoms with Crippen LogP contribution in [0.15, 0.2) is 77.3 Å². The number of rotatable bonds is 7. The second-order valence-electron chi connectivity index (χ2n) is 7.37. The van der Waals surface area contributed by atoms with E-state index >= 15 is 0 Å². The molecule has 4 rings (SSSR count). The normalized spacial score (nSPS) is 12.2. The molecule has 6 heteroatoms. The van der Waals surface area contributed by atoms with Gasteiger partial charge in [0.15, 0.2) is 0 Å². The highest BCUT2D eigenvalue weighted by Crippen LogP contribution is 2.22. The first-order chi connectivity index (χ1) is 14.5. The van der Waals surface area contributed by atoms with Crippen LogP contribution in [0.3, 0.4) is 0 Å². The minimum Gasteiger partial charge on any atom is -0.491 e. The van der Waals surface area contributed by atoms with E-state index in [0.717, 1.165) is 32.4 Å². The van der Waals surface area contributed by atoms with Crippen molar-refractivity contribution < 1.29 is 9.84 Å². The van der Waals surface area contributed by atoms with Crippen molar-refractivity contribution in [2.24, 2.45) is 0 Å². The number of aromatic nitrogens is 2. The lowest BCUT2D eigenvalue weighted by atomic mass is 10.2. The van der Waals surface area contributed by atoms with Gasteiger partial charge in [0.2, 0.25) is 5.62 Å². The Morgan fingerprint density at radius 3 is 2.33 bits per heavy atom. The topological polar surface area (TPSA) is 63.2 Å². The van der Waals surface area contributed by atoms with Gasteiger partial charge in [-0.1, -0.05) is 58.4 Å². The number of imidazole rings is 1. The van der Waals surface area contributed by atoms with E-state index in [4.69, 9.17) is 10.1 Å². The third-order valence-corrected chi connectivity index (χ3v) is 6.01. The van der Waals surface area contributed by atoms with Crippen LogP contribution in [0.1, 0.15) is 11.1 Å². The molecular weight excluding hydrogens is 442 g/mol. The summed E-state index contributed by atoms with van der Waals surface area (Å²) in [5.74, 6) is 0.720. The van der Waals surface area contributed by atoms with Crippen LogP contribution < -0.4 is 10.4 Å². The van der Waals surface area contributed by atoms with Crippen LogP contribution in [0.5, 0.6) is 5.75 Å². The molecule has 0 aliphatic carbocycles. The van der Waals surface area contributed by atoms with Crippen LogP contribution in [0, 0.1) is 12.3 Å². The van der Waals surface area contributed by atoms with Crippen LogP contribution in [0.25, 0.3) is 11.0 Å². The number of para-hydroxylation sites is 2. The predicted molar refractivity (Wildman–Crippen MR) is 122 cm³/mol. The Balaban J connectivity index is 1.55. The number of aryl methyl sites for hydroxylation is 1. The lowest BCUT2D eigenvalue weighted by Gasteiger charge is -2.14. The Hall–Kier alpha value is -2.83. The molecule has 154 valence electrons. The number of hydrogen-bond donors (Lipinski definition) is 2. The Labute approximate surface area is 183 Å². The molecule has 1 unspecified atom stereocenters. The summed E-state index contributed by atoms with van der Waals surface area (Å²) in [4.78, 5) is 0. The van der Waals surface area contributed by atoms with Gasteiger partial charge in [0, 0.05) is 4.47 Å². The average Bonchev–Trinajstić information content (AvgIpc) is 3.01. The Morgan fingerprint density at radius 2 is 1.63 bits per heavy atom. The summed E-state index contributed by atoms with van der Waals surface area (Å²) in [5, 5.41) is 19.4. The number of nitrogens with one attached hydrogen (secondary N) is 1. The Kier molecular flexibility index (Phi) is 6.06. The first-order valence-electron chi connectivity index (χ1n) is 9.86. The van der Waals surface area contributed by atoms with Gasteiger partial charge >= 0.3 is 0 Å². The van der Waals surface area contributed by atoms with Crippen molar-refractivity contribution in [2.45, 2.75) is 26.1 Å². The van der Waals surface area contributed by atoms with Crippen molar-refractivity contribution in [3.63, 3.8) is 0 Å². The molecule has 30 heavy (non-hydrogen) atoms. The lowest BCUT2D eigenvalue weighted by Crippen LogP contribution is -2.31. The summed E-state index contributed by atoms with van der Waals surface area (Å²) in [6.07, 6.45) is -0.737. The monoisotopic (exact) mass is 465 g/mol. The second kappa shape index (κ2) is 8.90. The minimum absolute atomic E-state index is 0.158. The van der Waals surface area contributed by atoms with E-state index in [1.165, 1.54) is 0 Å². The number of hydrogen-bond acceptors (Lipinski definition) is 3. The number of aliphatic hydroxyl groups is 1. The molecule has 0 radical (unpaired) electrons. The van der Waals surface area contributed by atoms with E-state index in [0.29, 0.717) is 12.2 Å². The van der Waals surface area contributed by atoms with Gasteiger partial charge < -0.3 is 19.0 Å². The molecule has 0 spiro atoms. The van der Waals surface area contributed by atoms with Crippen LogP contribution >= 0.6 is 15.9 Å². The fourth-order valence-corrected chi connectivity index (χ4v) is 3.81. The van der Waals surface area contributed by atoms with Crippen molar-refractivity contribution in [1.29, 1.82) is 5.41 Å². The van der Waals surface area contributed by atoms with Crippen LogP contribution in [-0.4, -0.2) is 27.0 Å². The number of fused-ring (bicyclic) bond motifs is 1. The van der Waals surface area contributed by atoms with Crippen LogP contribution in [-0.2, 0) is 13.1 Å². The average molecular weight is 466 g/mol. The predicted octanol–water partition coefficient (Wildman–Crippen LogP) is 4.48. The first kappa shape index (κ1) is 20.4.